The van der Waals surface area contributed by atoms with E-state index in [1.807, 2.05) is 31.2 Å². The van der Waals surface area contributed by atoms with Gasteiger partial charge in [0.25, 0.3) is 5.56 Å². The number of nitrogens with zero attached hydrogens (tertiary/aromatic N) is 5. The molecule has 0 fully saturated rings. The fourth-order valence-corrected chi connectivity index (χ4v) is 3.76. The molecule has 0 aliphatic heterocycles. The monoisotopic (exact) mass is 421 g/mol. The van der Waals surface area contributed by atoms with E-state index in [-0.39, 0.29) is 11.1 Å². The van der Waals surface area contributed by atoms with Crippen LogP contribution in [0.2, 0.25) is 10.0 Å². The topological polar surface area (TPSA) is 65.1 Å². The van der Waals surface area contributed by atoms with Gasteiger partial charge in [-0.2, -0.15) is 5.10 Å². The van der Waals surface area contributed by atoms with E-state index in [1.165, 1.54) is 4.57 Å². The summed E-state index contributed by atoms with van der Waals surface area (Å²) in [5.41, 5.74) is 4.31. The first-order valence-electron chi connectivity index (χ1n) is 8.82. The normalized spacial score (nSPS) is 11.4. The molecule has 0 amide bonds. The lowest BCUT2D eigenvalue weighted by Gasteiger charge is -2.07. The van der Waals surface area contributed by atoms with Crippen LogP contribution >= 0.6 is 23.2 Å². The largest absolute Gasteiger partial charge is 0.285 e. The molecule has 5 aromatic rings. The van der Waals surface area contributed by atoms with Crippen molar-refractivity contribution in [2.24, 2.45) is 0 Å². The molecular formula is C21H13Cl2N5O. The van der Waals surface area contributed by atoms with Gasteiger partial charge in [-0.25, -0.2) is 4.52 Å². The number of pyridine rings is 1. The third-order valence-corrected chi connectivity index (χ3v) is 5.26. The summed E-state index contributed by atoms with van der Waals surface area (Å²) in [4.78, 5) is 13.0. The number of hydrogen-bond acceptors (Lipinski definition) is 4. The van der Waals surface area contributed by atoms with E-state index in [4.69, 9.17) is 23.2 Å². The predicted molar refractivity (Wildman–Crippen MR) is 114 cm³/mol. The van der Waals surface area contributed by atoms with Crippen LogP contribution in [0.25, 0.3) is 33.5 Å². The molecule has 0 aliphatic rings. The molecule has 29 heavy (non-hydrogen) atoms. The lowest BCUT2D eigenvalue weighted by atomic mass is 10.1. The summed E-state index contributed by atoms with van der Waals surface area (Å²) in [7, 11) is 0. The van der Waals surface area contributed by atoms with Gasteiger partial charge in [0.1, 0.15) is 5.52 Å². The Morgan fingerprint density at radius 3 is 2.48 bits per heavy atom. The van der Waals surface area contributed by atoms with Crippen molar-refractivity contribution in [2.45, 2.75) is 6.92 Å². The molecule has 3 heterocycles. The molecule has 0 radical (unpaired) electrons. The highest BCUT2D eigenvalue weighted by Crippen LogP contribution is 2.29. The van der Waals surface area contributed by atoms with Crippen LogP contribution in [-0.2, 0) is 0 Å². The first kappa shape index (κ1) is 17.8. The highest BCUT2D eigenvalue weighted by atomic mass is 35.5. The molecule has 0 saturated heterocycles. The number of aryl methyl sites for hydroxylation is 1. The fraction of sp³-hybridized carbons (Fsp3) is 0.0476. The van der Waals surface area contributed by atoms with Gasteiger partial charge < -0.3 is 0 Å². The zero-order valence-corrected chi connectivity index (χ0v) is 16.7. The summed E-state index contributed by atoms with van der Waals surface area (Å²) in [5.74, 6) is 0. The highest BCUT2D eigenvalue weighted by Gasteiger charge is 2.18. The zero-order chi connectivity index (χ0) is 20.1. The number of benzene rings is 2. The van der Waals surface area contributed by atoms with E-state index >= 15 is 0 Å². The Hall–Kier alpha value is -3.22. The second-order valence-electron chi connectivity index (χ2n) is 6.61. The molecule has 6 nitrogen and oxygen atoms in total. The summed E-state index contributed by atoms with van der Waals surface area (Å²) >= 11 is 12.1. The highest BCUT2D eigenvalue weighted by molar-refractivity contribution is 6.31. The summed E-state index contributed by atoms with van der Waals surface area (Å²) in [6, 6.07) is 16.3. The van der Waals surface area contributed by atoms with Crippen LogP contribution < -0.4 is 5.56 Å². The maximum Gasteiger partial charge on any atom is 0.285 e. The van der Waals surface area contributed by atoms with E-state index in [2.05, 4.69) is 15.3 Å². The van der Waals surface area contributed by atoms with Crippen molar-refractivity contribution in [2.75, 3.05) is 0 Å². The van der Waals surface area contributed by atoms with Crippen molar-refractivity contribution >= 4 is 39.9 Å². The summed E-state index contributed by atoms with van der Waals surface area (Å²) in [5, 5.41) is 14.4. The molecule has 2 aromatic carbocycles. The van der Waals surface area contributed by atoms with Crippen LogP contribution in [0.1, 0.15) is 5.69 Å². The smallest absolute Gasteiger partial charge is 0.282 e. The minimum absolute atomic E-state index is 0.232. The molecule has 8 heteroatoms. The Bertz CT molecular complexity index is 1450. The molecule has 5 rings (SSSR count). The van der Waals surface area contributed by atoms with Crippen LogP contribution in [0.4, 0.5) is 0 Å². The minimum atomic E-state index is -0.281. The standard InChI is InChI=1S/C21H13Cl2N5O/c1-12-18(13-3-2-4-15(23)11-13)20-25-24-19-17(28(20)26-12)9-10-27(21(19)29)16-7-5-14(22)6-8-16/h2-11H,1H3. The van der Waals surface area contributed by atoms with Crippen LogP contribution in [0.15, 0.2) is 65.6 Å². The first-order chi connectivity index (χ1) is 14.0. The second kappa shape index (κ2) is 6.69. The maximum absolute atomic E-state index is 13.0. The minimum Gasteiger partial charge on any atom is -0.282 e. The van der Waals surface area contributed by atoms with Crippen molar-refractivity contribution in [3.05, 3.63) is 86.9 Å². The average molecular weight is 422 g/mol. The van der Waals surface area contributed by atoms with E-state index in [1.54, 1.807) is 41.0 Å². The zero-order valence-electron chi connectivity index (χ0n) is 15.2. The van der Waals surface area contributed by atoms with Gasteiger partial charge >= 0.3 is 0 Å². The molecule has 0 saturated carbocycles. The first-order valence-corrected chi connectivity index (χ1v) is 9.58. The Balaban J connectivity index is 1.76. The van der Waals surface area contributed by atoms with Gasteiger partial charge in [0, 0.05) is 21.9 Å². The van der Waals surface area contributed by atoms with Crippen molar-refractivity contribution in [3.8, 4) is 16.8 Å². The molecule has 0 atom stereocenters. The molecule has 0 aliphatic carbocycles. The average Bonchev–Trinajstić information content (AvgIpc) is 3.05. The van der Waals surface area contributed by atoms with Crippen molar-refractivity contribution in [1.29, 1.82) is 0 Å². The van der Waals surface area contributed by atoms with Gasteiger partial charge in [-0.1, -0.05) is 35.3 Å². The van der Waals surface area contributed by atoms with Gasteiger partial charge in [-0.3, -0.25) is 9.36 Å². The number of halogens is 2. The quantitative estimate of drug-likeness (QED) is 0.413. The van der Waals surface area contributed by atoms with Crippen LogP contribution in [-0.4, -0.2) is 24.4 Å². The Labute approximate surface area is 175 Å². The van der Waals surface area contributed by atoms with Gasteiger partial charge in [-0.15, -0.1) is 10.2 Å². The number of hydrogen-bond donors (Lipinski definition) is 0. The predicted octanol–water partition coefficient (Wildman–Crippen LogP) is 4.71. The third kappa shape index (κ3) is 2.88. The van der Waals surface area contributed by atoms with E-state index in [0.717, 1.165) is 16.8 Å². The van der Waals surface area contributed by atoms with Crippen molar-refractivity contribution in [3.63, 3.8) is 0 Å². The second-order valence-corrected chi connectivity index (χ2v) is 7.48. The van der Waals surface area contributed by atoms with Crippen LogP contribution in [0.3, 0.4) is 0 Å². The van der Waals surface area contributed by atoms with Crippen molar-refractivity contribution in [1.82, 2.24) is 24.4 Å². The molecule has 0 unspecified atom stereocenters. The number of rotatable bonds is 2. The molecule has 3 aromatic heterocycles. The SMILES string of the molecule is Cc1nn2c(nnc3c(=O)n(-c4ccc(Cl)cc4)ccc32)c1-c1cccc(Cl)c1. The lowest BCUT2D eigenvalue weighted by molar-refractivity contribution is 0.905. The van der Waals surface area contributed by atoms with E-state index in [0.29, 0.717) is 26.9 Å². The van der Waals surface area contributed by atoms with Gasteiger partial charge in [0.2, 0.25) is 0 Å². The van der Waals surface area contributed by atoms with Gasteiger partial charge in [0.05, 0.1) is 11.3 Å². The van der Waals surface area contributed by atoms with Crippen LogP contribution in [0, 0.1) is 6.92 Å². The fourth-order valence-electron chi connectivity index (χ4n) is 3.44. The number of fused-ring (bicyclic) bond motifs is 3. The summed E-state index contributed by atoms with van der Waals surface area (Å²) in [6.07, 6.45) is 1.70. The summed E-state index contributed by atoms with van der Waals surface area (Å²) in [6.45, 7) is 1.89. The summed E-state index contributed by atoms with van der Waals surface area (Å²) < 4.78 is 3.16. The third-order valence-electron chi connectivity index (χ3n) is 4.77. The van der Waals surface area contributed by atoms with Gasteiger partial charge in [0.15, 0.2) is 11.2 Å². The maximum atomic E-state index is 13.0. The number of aromatic nitrogens is 5. The van der Waals surface area contributed by atoms with Crippen molar-refractivity contribution < 1.29 is 0 Å². The molecule has 142 valence electrons. The Morgan fingerprint density at radius 1 is 0.931 bits per heavy atom. The molecule has 0 N–H and O–H groups in total. The molecule has 0 bridgehead atoms. The van der Waals surface area contributed by atoms with Gasteiger partial charge in [-0.05, 0) is 55.0 Å². The molecular weight excluding hydrogens is 409 g/mol. The van der Waals surface area contributed by atoms with E-state index in [9.17, 15) is 4.79 Å². The van der Waals surface area contributed by atoms with Crippen LogP contribution in [0.5, 0.6) is 0 Å². The van der Waals surface area contributed by atoms with E-state index < -0.39 is 0 Å². The lowest BCUT2D eigenvalue weighted by Crippen LogP contribution is -2.20. The Kier molecular flexibility index (Phi) is 4.12. The molecule has 0 spiro atoms. The Morgan fingerprint density at radius 2 is 1.72 bits per heavy atom.